The number of nitrogens with zero attached hydrogens (tertiary/aromatic N) is 2. The van der Waals surface area contributed by atoms with Crippen molar-refractivity contribution in [2.24, 2.45) is 5.92 Å². The van der Waals surface area contributed by atoms with Crippen molar-refractivity contribution in [3.8, 4) is 11.8 Å². The lowest BCUT2D eigenvalue weighted by molar-refractivity contribution is -0.110. The topological polar surface area (TPSA) is 62.6 Å². The number of rotatable bonds is 5. The van der Waals surface area contributed by atoms with Crippen molar-refractivity contribution in [3.05, 3.63) is 28.8 Å². The number of hydrogen-bond acceptors (Lipinski definition) is 5. The first-order valence-corrected chi connectivity index (χ1v) is 7.75. The Morgan fingerprint density at radius 2 is 2.18 bits per heavy atom. The zero-order chi connectivity index (χ0) is 15.4. The lowest BCUT2D eigenvalue weighted by atomic mass is 10.0. The van der Waals surface area contributed by atoms with Gasteiger partial charge in [-0.05, 0) is 30.0 Å². The number of aldehydes is 1. The molecule has 0 radical (unpaired) electrons. The Labute approximate surface area is 130 Å². The SMILES string of the molecule is N#Cc1c(OCCN2CCOCC2)ccc2c1CC(C=O)C2. The maximum atomic E-state index is 11.0. The summed E-state index contributed by atoms with van der Waals surface area (Å²) in [5, 5.41) is 9.44. The van der Waals surface area contributed by atoms with Gasteiger partial charge >= 0.3 is 0 Å². The highest BCUT2D eigenvalue weighted by Gasteiger charge is 2.25. The highest BCUT2D eigenvalue weighted by atomic mass is 16.5. The smallest absolute Gasteiger partial charge is 0.137 e. The average Bonchev–Trinajstić information content (AvgIpc) is 2.99. The van der Waals surface area contributed by atoms with Gasteiger partial charge in [0, 0.05) is 25.6 Å². The maximum absolute atomic E-state index is 11.0. The van der Waals surface area contributed by atoms with Gasteiger partial charge in [-0.15, -0.1) is 0 Å². The second-order valence-electron chi connectivity index (χ2n) is 5.80. The van der Waals surface area contributed by atoms with Crippen molar-refractivity contribution >= 4 is 6.29 Å². The van der Waals surface area contributed by atoms with Gasteiger partial charge in [0.05, 0.1) is 18.8 Å². The van der Waals surface area contributed by atoms with Crippen LogP contribution >= 0.6 is 0 Å². The van der Waals surface area contributed by atoms with E-state index in [1.165, 1.54) is 0 Å². The predicted octanol–water partition coefficient (Wildman–Crippen LogP) is 1.18. The molecule has 5 nitrogen and oxygen atoms in total. The van der Waals surface area contributed by atoms with Crippen LogP contribution < -0.4 is 4.74 Å². The zero-order valence-electron chi connectivity index (χ0n) is 12.6. The minimum Gasteiger partial charge on any atom is -0.491 e. The molecule has 3 rings (SSSR count). The lowest BCUT2D eigenvalue weighted by Gasteiger charge is -2.26. The second kappa shape index (κ2) is 6.91. The third-order valence-corrected chi connectivity index (χ3v) is 4.39. The van der Waals surface area contributed by atoms with Crippen molar-refractivity contribution in [3.63, 3.8) is 0 Å². The summed E-state index contributed by atoms with van der Waals surface area (Å²) in [6, 6.07) is 6.11. The summed E-state index contributed by atoms with van der Waals surface area (Å²) in [6.45, 7) is 4.80. The second-order valence-corrected chi connectivity index (χ2v) is 5.80. The minimum absolute atomic E-state index is 0.00528. The van der Waals surface area contributed by atoms with Crippen LogP contribution in [-0.2, 0) is 22.4 Å². The lowest BCUT2D eigenvalue weighted by Crippen LogP contribution is -2.38. The van der Waals surface area contributed by atoms with Crippen molar-refractivity contribution in [2.75, 3.05) is 39.5 Å². The van der Waals surface area contributed by atoms with E-state index in [4.69, 9.17) is 9.47 Å². The molecule has 1 saturated heterocycles. The van der Waals surface area contributed by atoms with Crippen molar-refractivity contribution in [1.82, 2.24) is 4.90 Å². The molecule has 116 valence electrons. The van der Waals surface area contributed by atoms with E-state index in [0.717, 1.165) is 56.7 Å². The normalized spacial score (nSPS) is 21.1. The van der Waals surface area contributed by atoms with Crippen molar-refractivity contribution in [1.29, 1.82) is 5.26 Å². The third kappa shape index (κ3) is 3.13. The Balaban J connectivity index is 1.64. The summed E-state index contributed by atoms with van der Waals surface area (Å²) < 4.78 is 11.1. The van der Waals surface area contributed by atoms with Crippen LogP contribution in [0.25, 0.3) is 0 Å². The number of fused-ring (bicyclic) bond motifs is 1. The van der Waals surface area contributed by atoms with E-state index in [-0.39, 0.29) is 5.92 Å². The van der Waals surface area contributed by atoms with E-state index in [0.29, 0.717) is 24.3 Å². The number of morpholine rings is 1. The Morgan fingerprint density at radius 3 is 2.91 bits per heavy atom. The Morgan fingerprint density at radius 1 is 1.36 bits per heavy atom. The number of nitriles is 1. The molecule has 1 aliphatic heterocycles. The van der Waals surface area contributed by atoms with Crippen LogP contribution in [0.4, 0.5) is 0 Å². The van der Waals surface area contributed by atoms with E-state index < -0.39 is 0 Å². The summed E-state index contributed by atoms with van der Waals surface area (Å²) in [6.07, 6.45) is 2.38. The highest BCUT2D eigenvalue weighted by molar-refractivity contribution is 5.62. The Bertz CT molecular complexity index is 588. The number of ether oxygens (including phenoxy) is 2. The van der Waals surface area contributed by atoms with E-state index in [1.807, 2.05) is 12.1 Å². The number of carbonyl (C=O) groups excluding carboxylic acids is 1. The zero-order valence-corrected chi connectivity index (χ0v) is 12.6. The maximum Gasteiger partial charge on any atom is 0.137 e. The quantitative estimate of drug-likeness (QED) is 0.764. The van der Waals surface area contributed by atoms with E-state index in [1.54, 1.807) is 0 Å². The van der Waals surface area contributed by atoms with Gasteiger partial charge < -0.3 is 14.3 Å². The molecule has 0 N–H and O–H groups in total. The first-order chi connectivity index (χ1) is 10.8. The molecule has 1 fully saturated rings. The first-order valence-electron chi connectivity index (χ1n) is 7.75. The van der Waals surface area contributed by atoms with Crippen LogP contribution in [0, 0.1) is 17.2 Å². The highest BCUT2D eigenvalue weighted by Crippen LogP contribution is 2.33. The number of benzene rings is 1. The standard InChI is InChI=1S/C17H20N2O3/c18-11-16-15-10-13(12-20)9-14(15)1-2-17(16)22-8-5-19-3-6-21-7-4-19/h1-2,12-13H,3-10H2. The molecule has 1 aromatic rings. The van der Waals surface area contributed by atoms with E-state index in [9.17, 15) is 10.1 Å². The summed E-state index contributed by atoms with van der Waals surface area (Å²) in [7, 11) is 0. The molecular weight excluding hydrogens is 280 g/mol. The van der Waals surface area contributed by atoms with E-state index >= 15 is 0 Å². The molecule has 0 bridgehead atoms. The van der Waals surface area contributed by atoms with Gasteiger partial charge in [-0.2, -0.15) is 5.26 Å². The van der Waals surface area contributed by atoms with Crippen LogP contribution in [0.2, 0.25) is 0 Å². The number of hydrogen-bond donors (Lipinski definition) is 0. The molecule has 1 atom stereocenters. The van der Waals surface area contributed by atoms with E-state index in [2.05, 4.69) is 11.0 Å². The van der Waals surface area contributed by atoms with Gasteiger partial charge in [-0.3, -0.25) is 4.90 Å². The minimum atomic E-state index is 0.00528. The van der Waals surface area contributed by atoms with Crippen LogP contribution in [0.1, 0.15) is 16.7 Å². The molecule has 0 amide bonds. The molecule has 5 heteroatoms. The average molecular weight is 300 g/mol. The fourth-order valence-electron chi connectivity index (χ4n) is 3.16. The third-order valence-electron chi connectivity index (χ3n) is 4.39. The monoisotopic (exact) mass is 300 g/mol. The predicted molar refractivity (Wildman–Crippen MR) is 80.9 cm³/mol. The van der Waals surface area contributed by atoms with Crippen LogP contribution in [0.5, 0.6) is 5.75 Å². The molecular formula is C17H20N2O3. The van der Waals surface area contributed by atoms with Crippen LogP contribution in [-0.4, -0.2) is 50.6 Å². The summed E-state index contributed by atoms with van der Waals surface area (Å²) in [5.74, 6) is 0.645. The molecule has 1 heterocycles. The van der Waals surface area contributed by atoms with Gasteiger partial charge in [0.15, 0.2) is 0 Å². The molecule has 1 aliphatic carbocycles. The Kier molecular flexibility index (Phi) is 4.71. The summed E-state index contributed by atoms with van der Waals surface area (Å²) in [4.78, 5) is 13.3. The molecule has 22 heavy (non-hydrogen) atoms. The first kappa shape index (κ1) is 15.0. The van der Waals surface area contributed by atoms with Gasteiger partial charge in [-0.1, -0.05) is 6.07 Å². The summed E-state index contributed by atoms with van der Waals surface area (Å²) >= 11 is 0. The van der Waals surface area contributed by atoms with Crippen LogP contribution in [0.15, 0.2) is 12.1 Å². The number of carbonyl (C=O) groups is 1. The van der Waals surface area contributed by atoms with Gasteiger partial charge in [-0.25, -0.2) is 0 Å². The largest absolute Gasteiger partial charge is 0.491 e. The van der Waals surface area contributed by atoms with Crippen molar-refractivity contribution < 1.29 is 14.3 Å². The Hall–Kier alpha value is -1.90. The molecule has 1 unspecified atom stereocenters. The van der Waals surface area contributed by atoms with Crippen molar-refractivity contribution in [2.45, 2.75) is 12.8 Å². The fraction of sp³-hybridized carbons (Fsp3) is 0.529. The van der Waals surface area contributed by atoms with Crippen LogP contribution in [0.3, 0.4) is 0 Å². The van der Waals surface area contributed by atoms with Gasteiger partial charge in [0.25, 0.3) is 0 Å². The fourth-order valence-corrected chi connectivity index (χ4v) is 3.16. The molecule has 0 spiro atoms. The molecule has 1 aromatic carbocycles. The van der Waals surface area contributed by atoms with Gasteiger partial charge in [0.1, 0.15) is 24.7 Å². The summed E-state index contributed by atoms with van der Waals surface area (Å²) in [5.41, 5.74) is 2.70. The molecule has 0 aromatic heterocycles. The molecule has 2 aliphatic rings. The molecule has 0 saturated carbocycles. The van der Waals surface area contributed by atoms with Gasteiger partial charge in [0.2, 0.25) is 0 Å².